The number of aryl methyl sites for hydroxylation is 1. The average Bonchev–Trinajstić information content (AvgIpc) is 2.95. The topological polar surface area (TPSA) is 57.4 Å². The van der Waals surface area contributed by atoms with E-state index in [-0.39, 0.29) is 0 Å². The van der Waals surface area contributed by atoms with Crippen molar-refractivity contribution in [3.63, 3.8) is 0 Å². The Bertz CT molecular complexity index is 528. The fraction of sp³-hybridized carbons (Fsp3) is 0.467. The molecule has 1 aromatic carbocycles. The third kappa shape index (κ3) is 5.30. The van der Waals surface area contributed by atoms with Gasteiger partial charge in [-0.05, 0) is 30.7 Å². The summed E-state index contributed by atoms with van der Waals surface area (Å²) in [6.07, 6.45) is 1.90. The zero-order chi connectivity index (χ0) is 14.9. The predicted molar refractivity (Wildman–Crippen MR) is 82.9 cm³/mol. The smallest absolute Gasteiger partial charge is 0.236 e. The summed E-state index contributed by atoms with van der Waals surface area (Å²) >= 11 is 1.72. The second-order valence-corrected chi connectivity index (χ2v) is 5.54. The molecule has 0 atom stereocenters. The van der Waals surface area contributed by atoms with Crippen molar-refractivity contribution in [1.29, 1.82) is 0 Å². The molecule has 0 aliphatic heterocycles. The van der Waals surface area contributed by atoms with E-state index in [1.54, 1.807) is 18.9 Å². The van der Waals surface area contributed by atoms with Crippen LogP contribution in [0.3, 0.4) is 0 Å². The molecular weight excluding hydrogens is 288 g/mol. The van der Waals surface area contributed by atoms with Crippen molar-refractivity contribution in [3.05, 3.63) is 36.0 Å². The summed E-state index contributed by atoms with van der Waals surface area (Å²) in [6, 6.07) is 7.57. The van der Waals surface area contributed by atoms with Crippen LogP contribution in [0.2, 0.25) is 0 Å². The first-order chi connectivity index (χ1) is 10.3. The van der Waals surface area contributed by atoms with Crippen LogP contribution in [0.5, 0.6) is 11.5 Å². The van der Waals surface area contributed by atoms with E-state index < -0.39 is 0 Å². The van der Waals surface area contributed by atoms with Crippen molar-refractivity contribution in [2.45, 2.75) is 25.5 Å². The van der Waals surface area contributed by atoms with Gasteiger partial charge in [0, 0.05) is 12.2 Å². The summed E-state index contributed by atoms with van der Waals surface area (Å²) in [6.45, 7) is 2.74. The number of ether oxygens (including phenoxy) is 2. The molecule has 2 rings (SSSR count). The Labute approximate surface area is 129 Å². The van der Waals surface area contributed by atoms with E-state index in [9.17, 15) is 0 Å². The average molecular weight is 308 g/mol. The van der Waals surface area contributed by atoms with Crippen LogP contribution < -0.4 is 9.47 Å². The zero-order valence-corrected chi connectivity index (χ0v) is 13.2. The molecule has 0 radical (unpaired) electrons. The Morgan fingerprint density at radius 1 is 1.19 bits per heavy atom. The van der Waals surface area contributed by atoms with Crippen LogP contribution in [0.15, 0.2) is 28.8 Å². The molecule has 0 saturated carbocycles. The van der Waals surface area contributed by atoms with Gasteiger partial charge < -0.3 is 14.0 Å². The Morgan fingerprint density at radius 3 is 2.67 bits per heavy atom. The third-order valence-electron chi connectivity index (χ3n) is 2.77. The van der Waals surface area contributed by atoms with Gasteiger partial charge in [-0.15, -0.1) is 11.8 Å². The molecule has 0 bridgehead atoms. The molecule has 0 unspecified atom stereocenters. The third-order valence-corrected chi connectivity index (χ3v) is 3.67. The minimum atomic E-state index is 0.646. The highest BCUT2D eigenvalue weighted by Gasteiger charge is 2.05. The number of hydrogen-bond acceptors (Lipinski definition) is 6. The summed E-state index contributed by atoms with van der Waals surface area (Å²) < 4.78 is 15.9. The van der Waals surface area contributed by atoms with Gasteiger partial charge in [0.1, 0.15) is 11.5 Å². The molecule has 2 aromatic rings. The summed E-state index contributed by atoms with van der Waals surface area (Å²) in [4.78, 5) is 4.32. The van der Waals surface area contributed by atoms with Gasteiger partial charge in [0.05, 0.1) is 19.5 Å². The van der Waals surface area contributed by atoms with Crippen LogP contribution in [-0.2, 0) is 12.2 Å². The maximum atomic E-state index is 5.64. The molecule has 0 N–H and O–H groups in total. The van der Waals surface area contributed by atoms with Crippen molar-refractivity contribution in [1.82, 2.24) is 10.1 Å². The van der Waals surface area contributed by atoms with Gasteiger partial charge in [-0.2, -0.15) is 4.98 Å². The Balaban J connectivity index is 1.62. The molecule has 0 spiro atoms. The first kappa shape index (κ1) is 15.7. The van der Waals surface area contributed by atoms with Crippen LogP contribution in [0.4, 0.5) is 0 Å². The normalized spacial score (nSPS) is 10.6. The minimum absolute atomic E-state index is 0.646. The molecular formula is C15H20N2O3S. The molecule has 114 valence electrons. The molecule has 0 fully saturated rings. The van der Waals surface area contributed by atoms with Gasteiger partial charge in [-0.3, -0.25) is 0 Å². The monoisotopic (exact) mass is 308 g/mol. The molecule has 6 heteroatoms. The van der Waals surface area contributed by atoms with E-state index in [0.29, 0.717) is 12.5 Å². The van der Waals surface area contributed by atoms with Crippen LogP contribution in [0.1, 0.15) is 25.1 Å². The van der Waals surface area contributed by atoms with Crippen LogP contribution in [0, 0.1) is 0 Å². The van der Waals surface area contributed by atoms with E-state index in [1.165, 1.54) is 0 Å². The van der Waals surface area contributed by atoms with Gasteiger partial charge in [0.15, 0.2) is 5.82 Å². The number of rotatable bonds is 9. The lowest BCUT2D eigenvalue weighted by Crippen LogP contribution is -2.00. The first-order valence-electron chi connectivity index (χ1n) is 6.98. The highest BCUT2D eigenvalue weighted by molar-refractivity contribution is 7.98. The quantitative estimate of drug-likeness (QED) is 0.662. The number of methoxy groups -OCH3 is 1. The standard InChI is InChI=1S/C15H20N2O3S/c1-3-4-14-16-15(20-17-14)11-21-10-9-19-13-7-5-12(18-2)6-8-13/h5-8H,3-4,9-11H2,1-2H3. The summed E-state index contributed by atoms with van der Waals surface area (Å²) in [7, 11) is 1.65. The van der Waals surface area contributed by atoms with Gasteiger partial charge in [-0.25, -0.2) is 0 Å². The van der Waals surface area contributed by atoms with E-state index in [4.69, 9.17) is 14.0 Å². The number of nitrogens with zero attached hydrogens (tertiary/aromatic N) is 2. The highest BCUT2D eigenvalue weighted by atomic mass is 32.2. The number of hydrogen-bond donors (Lipinski definition) is 0. The second-order valence-electron chi connectivity index (χ2n) is 4.43. The molecule has 21 heavy (non-hydrogen) atoms. The van der Waals surface area contributed by atoms with Crippen molar-refractivity contribution < 1.29 is 14.0 Å². The number of aromatic nitrogens is 2. The van der Waals surface area contributed by atoms with Gasteiger partial charge in [0.2, 0.25) is 5.89 Å². The zero-order valence-electron chi connectivity index (χ0n) is 12.4. The summed E-state index contributed by atoms with van der Waals surface area (Å²) in [5.74, 6) is 4.76. The van der Waals surface area contributed by atoms with Gasteiger partial charge in [-0.1, -0.05) is 12.1 Å². The fourth-order valence-electron chi connectivity index (χ4n) is 1.72. The molecule has 0 aliphatic rings. The SMILES string of the molecule is CCCc1noc(CSCCOc2ccc(OC)cc2)n1. The van der Waals surface area contributed by atoms with Crippen LogP contribution in [-0.4, -0.2) is 29.6 Å². The van der Waals surface area contributed by atoms with Crippen molar-refractivity contribution in [2.24, 2.45) is 0 Å². The molecule has 1 heterocycles. The lowest BCUT2D eigenvalue weighted by Gasteiger charge is -2.06. The highest BCUT2D eigenvalue weighted by Crippen LogP contribution is 2.17. The molecule has 0 aliphatic carbocycles. The maximum absolute atomic E-state index is 5.64. The predicted octanol–water partition coefficient (Wildman–Crippen LogP) is 3.34. The Hall–Kier alpha value is -1.69. The van der Waals surface area contributed by atoms with Crippen molar-refractivity contribution in [2.75, 3.05) is 19.5 Å². The molecule has 5 nitrogen and oxygen atoms in total. The lowest BCUT2D eigenvalue weighted by molar-refractivity contribution is 0.342. The van der Waals surface area contributed by atoms with E-state index in [0.717, 1.165) is 41.7 Å². The molecule has 1 aromatic heterocycles. The number of thioether (sulfide) groups is 1. The van der Waals surface area contributed by atoms with Crippen LogP contribution in [0.25, 0.3) is 0 Å². The Kier molecular flexibility index (Phi) is 6.40. The van der Waals surface area contributed by atoms with E-state index in [1.807, 2.05) is 24.3 Å². The fourth-order valence-corrected chi connectivity index (χ4v) is 2.36. The summed E-state index contributed by atoms with van der Waals surface area (Å²) in [5.41, 5.74) is 0. The van der Waals surface area contributed by atoms with Gasteiger partial charge >= 0.3 is 0 Å². The van der Waals surface area contributed by atoms with Crippen molar-refractivity contribution in [3.8, 4) is 11.5 Å². The minimum Gasteiger partial charge on any atom is -0.497 e. The Morgan fingerprint density at radius 2 is 1.95 bits per heavy atom. The summed E-state index contributed by atoms with van der Waals surface area (Å²) in [5, 5.41) is 3.93. The van der Waals surface area contributed by atoms with Crippen LogP contribution >= 0.6 is 11.8 Å². The van der Waals surface area contributed by atoms with E-state index >= 15 is 0 Å². The van der Waals surface area contributed by atoms with Gasteiger partial charge in [0.25, 0.3) is 0 Å². The lowest BCUT2D eigenvalue weighted by atomic mass is 10.3. The van der Waals surface area contributed by atoms with E-state index in [2.05, 4.69) is 17.1 Å². The largest absolute Gasteiger partial charge is 0.497 e. The van der Waals surface area contributed by atoms with Crippen molar-refractivity contribution >= 4 is 11.8 Å². The second kappa shape index (κ2) is 8.56. The maximum Gasteiger partial charge on any atom is 0.236 e. The first-order valence-corrected chi connectivity index (χ1v) is 8.13. The number of benzene rings is 1. The molecule has 0 amide bonds. The molecule has 0 saturated heterocycles.